The van der Waals surface area contributed by atoms with Crippen molar-refractivity contribution in [1.82, 2.24) is 5.32 Å². The number of imide groups is 1. The molecule has 120 valence electrons. The van der Waals surface area contributed by atoms with E-state index in [0.717, 1.165) is 11.8 Å². The van der Waals surface area contributed by atoms with Gasteiger partial charge in [0, 0.05) is 5.56 Å². The van der Waals surface area contributed by atoms with Crippen molar-refractivity contribution in [2.24, 2.45) is 0 Å². The fourth-order valence-electron chi connectivity index (χ4n) is 2.08. The van der Waals surface area contributed by atoms with E-state index in [1.54, 1.807) is 48.5 Å². The fourth-order valence-corrected chi connectivity index (χ4v) is 2.76. The molecule has 0 aromatic heterocycles. The molecule has 1 saturated heterocycles. The first kappa shape index (κ1) is 15.8. The van der Waals surface area contributed by atoms with E-state index in [4.69, 9.17) is 0 Å². The average molecular weight is 340 g/mol. The smallest absolute Gasteiger partial charge is 0.290 e. The minimum Gasteiger partial charge on any atom is -0.506 e. The SMILES string of the molecule is O=C1NC(=O)C(=Cc2ccc(C(=O)Nc3ccccc3O)cc2)S1. The first-order chi connectivity index (χ1) is 11.5. The van der Waals surface area contributed by atoms with Gasteiger partial charge in [0.2, 0.25) is 0 Å². The number of phenols is 1. The third-order valence-corrected chi connectivity index (χ3v) is 4.08. The molecule has 1 aliphatic rings. The van der Waals surface area contributed by atoms with Crippen LogP contribution in [-0.4, -0.2) is 22.2 Å². The number of anilines is 1. The van der Waals surface area contributed by atoms with Gasteiger partial charge < -0.3 is 10.4 Å². The number of thioether (sulfide) groups is 1. The Balaban J connectivity index is 1.74. The first-order valence-corrected chi connectivity index (χ1v) is 7.79. The van der Waals surface area contributed by atoms with Crippen LogP contribution < -0.4 is 10.6 Å². The fraction of sp³-hybridized carbons (Fsp3) is 0. The number of carbonyl (C=O) groups excluding carboxylic acids is 3. The van der Waals surface area contributed by atoms with E-state index in [1.807, 2.05) is 0 Å². The van der Waals surface area contributed by atoms with E-state index >= 15 is 0 Å². The zero-order valence-corrected chi connectivity index (χ0v) is 13.1. The summed E-state index contributed by atoms with van der Waals surface area (Å²) in [5, 5.41) is 14.1. The van der Waals surface area contributed by atoms with Crippen LogP contribution >= 0.6 is 11.8 Å². The molecule has 24 heavy (non-hydrogen) atoms. The van der Waals surface area contributed by atoms with Gasteiger partial charge in [-0.25, -0.2) is 0 Å². The molecule has 0 unspecified atom stereocenters. The topological polar surface area (TPSA) is 95.5 Å². The predicted molar refractivity (Wildman–Crippen MR) is 91.6 cm³/mol. The van der Waals surface area contributed by atoms with Gasteiger partial charge in [-0.05, 0) is 47.7 Å². The van der Waals surface area contributed by atoms with Crippen molar-refractivity contribution in [3.8, 4) is 5.75 Å². The van der Waals surface area contributed by atoms with Gasteiger partial charge in [-0.3, -0.25) is 19.7 Å². The standard InChI is InChI=1S/C17H12N2O4S/c20-13-4-2-1-3-12(13)18-15(21)11-7-5-10(6-8-11)9-14-16(22)19-17(23)24-14/h1-9,20H,(H,18,21)(H,19,22,23). The van der Waals surface area contributed by atoms with Crippen LogP contribution in [0.15, 0.2) is 53.4 Å². The van der Waals surface area contributed by atoms with Crippen molar-refractivity contribution in [3.05, 3.63) is 64.6 Å². The predicted octanol–water partition coefficient (Wildman–Crippen LogP) is 2.97. The lowest BCUT2D eigenvalue weighted by atomic mass is 10.1. The Morgan fingerprint density at radius 1 is 1.08 bits per heavy atom. The Bertz CT molecular complexity index is 859. The molecule has 0 saturated carbocycles. The summed E-state index contributed by atoms with van der Waals surface area (Å²) >= 11 is 0.837. The van der Waals surface area contributed by atoms with Crippen LogP contribution in [0, 0.1) is 0 Å². The molecule has 1 heterocycles. The van der Waals surface area contributed by atoms with Crippen LogP contribution in [0.1, 0.15) is 15.9 Å². The van der Waals surface area contributed by atoms with E-state index < -0.39 is 11.1 Å². The summed E-state index contributed by atoms with van der Waals surface area (Å²) in [6.45, 7) is 0. The normalized spacial score (nSPS) is 15.4. The lowest BCUT2D eigenvalue weighted by Gasteiger charge is -2.07. The first-order valence-electron chi connectivity index (χ1n) is 6.97. The number of carbonyl (C=O) groups is 3. The molecule has 0 radical (unpaired) electrons. The van der Waals surface area contributed by atoms with Gasteiger partial charge in [0.25, 0.3) is 17.1 Å². The minimum atomic E-state index is -0.425. The highest BCUT2D eigenvalue weighted by atomic mass is 32.2. The maximum Gasteiger partial charge on any atom is 0.290 e. The van der Waals surface area contributed by atoms with Crippen molar-refractivity contribution in [1.29, 1.82) is 0 Å². The van der Waals surface area contributed by atoms with E-state index in [-0.39, 0.29) is 11.7 Å². The number of phenolic OH excluding ortho intramolecular Hbond substituents is 1. The Morgan fingerprint density at radius 3 is 2.42 bits per heavy atom. The van der Waals surface area contributed by atoms with Gasteiger partial charge >= 0.3 is 0 Å². The maximum atomic E-state index is 12.2. The number of hydrogen-bond donors (Lipinski definition) is 3. The van der Waals surface area contributed by atoms with Gasteiger partial charge in [0.05, 0.1) is 10.6 Å². The lowest BCUT2D eigenvalue weighted by molar-refractivity contribution is -0.115. The van der Waals surface area contributed by atoms with Gasteiger partial charge in [-0.2, -0.15) is 0 Å². The molecular formula is C17H12N2O4S. The third-order valence-electron chi connectivity index (χ3n) is 3.26. The van der Waals surface area contributed by atoms with Crippen LogP contribution in [0.5, 0.6) is 5.75 Å². The molecular weight excluding hydrogens is 328 g/mol. The van der Waals surface area contributed by atoms with Crippen molar-refractivity contribution in [3.63, 3.8) is 0 Å². The highest BCUT2D eigenvalue weighted by Crippen LogP contribution is 2.26. The summed E-state index contributed by atoms with van der Waals surface area (Å²) in [6.07, 6.45) is 1.58. The minimum absolute atomic E-state index is 0.0128. The van der Waals surface area contributed by atoms with E-state index in [1.165, 1.54) is 6.07 Å². The highest BCUT2D eigenvalue weighted by Gasteiger charge is 2.24. The van der Waals surface area contributed by atoms with E-state index in [0.29, 0.717) is 21.7 Å². The second-order valence-corrected chi connectivity index (χ2v) is 5.96. The molecule has 0 spiro atoms. The molecule has 3 amide bonds. The van der Waals surface area contributed by atoms with Gasteiger partial charge in [0.15, 0.2) is 0 Å². The number of aromatic hydroxyl groups is 1. The summed E-state index contributed by atoms with van der Waals surface area (Å²) in [4.78, 5) is 35.1. The van der Waals surface area contributed by atoms with Crippen molar-refractivity contribution < 1.29 is 19.5 Å². The summed E-state index contributed by atoms with van der Waals surface area (Å²) in [5.74, 6) is -0.800. The number of benzene rings is 2. The molecule has 0 atom stereocenters. The number of amides is 3. The molecule has 7 heteroatoms. The second kappa shape index (κ2) is 6.59. The maximum absolute atomic E-state index is 12.2. The molecule has 3 rings (SSSR count). The molecule has 0 bridgehead atoms. The van der Waals surface area contributed by atoms with Gasteiger partial charge in [-0.1, -0.05) is 24.3 Å². The zero-order chi connectivity index (χ0) is 17.1. The summed E-state index contributed by atoms with van der Waals surface area (Å²) in [6, 6.07) is 13.0. The van der Waals surface area contributed by atoms with Crippen molar-refractivity contribution in [2.45, 2.75) is 0 Å². The van der Waals surface area contributed by atoms with Crippen LogP contribution in [0.3, 0.4) is 0 Å². The van der Waals surface area contributed by atoms with Gasteiger partial charge in [0.1, 0.15) is 5.75 Å². The van der Waals surface area contributed by atoms with Crippen LogP contribution in [0.4, 0.5) is 10.5 Å². The molecule has 1 fully saturated rings. The second-order valence-electron chi connectivity index (χ2n) is 4.95. The molecule has 1 aliphatic heterocycles. The van der Waals surface area contributed by atoms with Crippen LogP contribution in [0.25, 0.3) is 6.08 Å². The Hall–Kier alpha value is -3.06. The van der Waals surface area contributed by atoms with E-state index in [2.05, 4.69) is 10.6 Å². The number of rotatable bonds is 3. The average Bonchev–Trinajstić information content (AvgIpc) is 2.88. The van der Waals surface area contributed by atoms with Crippen LogP contribution in [0.2, 0.25) is 0 Å². The molecule has 3 N–H and O–H groups in total. The Labute approximate surface area is 141 Å². The van der Waals surface area contributed by atoms with Gasteiger partial charge in [-0.15, -0.1) is 0 Å². The Morgan fingerprint density at radius 2 is 1.79 bits per heavy atom. The number of hydrogen-bond acceptors (Lipinski definition) is 5. The molecule has 2 aromatic carbocycles. The monoisotopic (exact) mass is 340 g/mol. The van der Waals surface area contributed by atoms with Crippen molar-refractivity contribution >= 4 is 40.6 Å². The summed E-state index contributed by atoms with van der Waals surface area (Å²) in [7, 11) is 0. The van der Waals surface area contributed by atoms with Crippen LogP contribution in [-0.2, 0) is 4.79 Å². The summed E-state index contributed by atoms with van der Waals surface area (Å²) < 4.78 is 0. The third kappa shape index (κ3) is 3.47. The lowest BCUT2D eigenvalue weighted by Crippen LogP contribution is -2.17. The Kier molecular flexibility index (Phi) is 4.35. The number of nitrogens with one attached hydrogen (secondary N) is 2. The number of para-hydroxylation sites is 2. The van der Waals surface area contributed by atoms with Crippen molar-refractivity contribution in [2.75, 3.05) is 5.32 Å². The molecule has 6 nitrogen and oxygen atoms in total. The molecule has 0 aliphatic carbocycles. The summed E-state index contributed by atoms with van der Waals surface area (Å²) in [5.41, 5.74) is 1.42. The van der Waals surface area contributed by atoms with E-state index in [9.17, 15) is 19.5 Å². The highest BCUT2D eigenvalue weighted by molar-refractivity contribution is 8.18. The quantitative estimate of drug-likeness (QED) is 0.590. The largest absolute Gasteiger partial charge is 0.506 e. The zero-order valence-electron chi connectivity index (χ0n) is 12.3. The molecule has 2 aromatic rings.